The summed E-state index contributed by atoms with van der Waals surface area (Å²) in [5, 5.41) is 3.66. The van der Waals surface area contributed by atoms with Crippen LogP contribution in [0.25, 0.3) is 0 Å². The zero-order chi connectivity index (χ0) is 12.5. The summed E-state index contributed by atoms with van der Waals surface area (Å²) in [4.78, 5) is 1.05. The highest BCUT2D eigenvalue weighted by molar-refractivity contribution is 7.85. The quantitative estimate of drug-likeness (QED) is 0.907. The van der Waals surface area contributed by atoms with Gasteiger partial charge in [0.05, 0.1) is 10.8 Å². The average Bonchev–Trinajstić information content (AvgIpc) is 3.05. The van der Waals surface area contributed by atoms with Crippen molar-refractivity contribution in [1.82, 2.24) is 5.32 Å². The molecule has 0 heterocycles. The summed E-state index contributed by atoms with van der Waals surface area (Å²) in [6.45, 7) is 0. The molecule has 0 spiro atoms. The lowest BCUT2D eigenvalue weighted by molar-refractivity contribution is 0.581. The molecular formula is C15H21NOS. The summed E-state index contributed by atoms with van der Waals surface area (Å²) in [6.07, 6.45) is 6.95. The van der Waals surface area contributed by atoms with Crippen LogP contribution in [0.15, 0.2) is 23.1 Å². The summed E-state index contributed by atoms with van der Waals surface area (Å²) in [7, 11) is 1.19. The maximum atomic E-state index is 12.6. The third-order valence-corrected chi connectivity index (χ3v) is 6.15. The fourth-order valence-electron chi connectivity index (χ4n) is 3.26. The normalized spacial score (nSPS) is 28.3. The van der Waals surface area contributed by atoms with Crippen molar-refractivity contribution in [1.29, 1.82) is 0 Å². The molecule has 0 aromatic heterocycles. The van der Waals surface area contributed by atoms with Crippen molar-refractivity contribution in [2.24, 2.45) is 0 Å². The van der Waals surface area contributed by atoms with Crippen molar-refractivity contribution in [3.05, 3.63) is 29.3 Å². The minimum Gasteiger partial charge on any atom is -0.317 e. The number of benzene rings is 1. The van der Waals surface area contributed by atoms with Crippen LogP contribution in [0, 0.1) is 0 Å². The number of hydrogen-bond acceptors (Lipinski definition) is 2. The highest BCUT2D eigenvalue weighted by Gasteiger charge is 2.29. The van der Waals surface area contributed by atoms with Gasteiger partial charge in [0.2, 0.25) is 0 Å². The van der Waals surface area contributed by atoms with Gasteiger partial charge in [0.15, 0.2) is 0 Å². The zero-order valence-corrected chi connectivity index (χ0v) is 11.8. The molecule has 1 fully saturated rings. The molecule has 98 valence electrons. The Morgan fingerprint density at radius 2 is 2.06 bits per heavy atom. The van der Waals surface area contributed by atoms with E-state index in [1.807, 2.05) is 7.05 Å². The lowest BCUT2D eigenvalue weighted by atomic mass is 10.1. The van der Waals surface area contributed by atoms with Crippen LogP contribution < -0.4 is 5.32 Å². The van der Waals surface area contributed by atoms with Crippen LogP contribution in [0.2, 0.25) is 0 Å². The Bertz CT molecular complexity index is 472. The van der Waals surface area contributed by atoms with Gasteiger partial charge in [0.1, 0.15) is 0 Å². The van der Waals surface area contributed by atoms with E-state index in [2.05, 4.69) is 23.5 Å². The molecule has 1 aromatic rings. The Kier molecular flexibility index (Phi) is 3.53. The molecule has 2 aliphatic rings. The van der Waals surface area contributed by atoms with E-state index in [4.69, 9.17) is 0 Å². The Morgan fingerprint density at radius 3 is 2.83 bits per heavy atom. The van der Waals surface area contributed by atoms with Gasteiger partial charge in [-0.25, -0.2) is 0 Å². The molecule has 0 radical (unpaired) electrons. The third kappa shape index (κ3) is 2.26. The van der Waals surface area contributed by atoms with Crippen molar-refractivity contribution >= 4 is 10.8 Å². The van der Waals surface area contributed by atoms with E-state index in [0.29, 0.717) is 11.3 Å². The fourth-order valence-corrected chi connectivity index (χ4v) is 4.87. The Labute approximate surface area is 112 Å². The summed E-state index contributed by atoms with van der Waals surface area (Å²) < 4.78 is 12.6. The monoisotopic (exact) mass is 263 g/mol. The van der Waals surface area contributed by atoms with Gasteiger partial charge in [0, 0.05) is 16.2 Å². The molecule has 1 saturated carbocycles. The van der Waals surface area contributed by atoms with E-state index < -0.39 is 10.8 Å². The van der Waals surface area contributed by atoms with Crippen LogP contribution in [0.4, 0.5) is 0 Å². The first-order valence-corrected chi connectivity index (χ1v) is 8.19. The van der Waals surface area contributed by atoms with Gasteiger partial charge in [-0.2, -0.15) is 0 Å². The molecule has 0 saturated heterocycles. The lowest BCUT2D eigenvalue weighted by Gasteiger charge is -2.12. The number of aryl methyl sites for hydroxylation is 2. The standard InChI is InChI=1S/C15H21NOS/c1-16-13-6-8-15(10-13)18(17)14-7-5-11-3-2-4-12(11)9-14/h5,7,9,13,15-16H,2-4,6,8,10H2,1H3. The van der Waals surface area contributed by atoms with Crippen molar-refractivity contribution in [2.45, 2.75) is 54.7 Å². The van der Waals surface area contributed by atoms with Gasteiger partial charge in [-0.1, -0.05) is 6.07 Å². The Hall–Kier alpha value is -0.670. The van der Waals surface area contributed by atoms with Crippen molar-refractivity contribution < 1.29 is 4.21 Å². The second-order valence-corrected chi connectivity index (χ2v) is 7.24. The van der Waals surface area contributed by atoms with Crippen molar-refractivity contribution in [3.63, 3.8) is 0 Å². The molecule has 1 aromatic carbocycles. The highest BCUT2D eigenvalue weighted by Crippen LogP contribution is 2.30. The number of nitrogens with one attached hydrogen (secondary N) is 1. The predicted octanol–water partition coefficient (Wildman–Crippen LogP) is 2.42. The molecule has 3 unspecified atom stereocenters. The smallest absolute Gasteiger partial charge is 0.0561 e. The maximum Gasteiger partial charge on any atom is 0.0561 e. The van der Waals surface area contributed by atoms with Crippen LogP contribution in [-0.4, -0.2) is 22.5 Å². The van der Waals surface area contributed by atoms with Crippen LogP contribution in [0.5, 0.6) is 0 Å². The molecule has 3 rings (SSSR count). The van der Waals surface area contributed by atoms with Gasteiger partial charge < -0.3 is 5.32 Å². The lowest BCUT2D eigenvalue weighted by Crippen LogP contribution is -2.23. The molecule has 2 nitrogen and oxygen atoms in total. The Balaban J connectivity index is 1.77. The second kappa shape index (κ2) is 5.14. The van der Waals surface area contributed by atoms with Gasteiger partial charge in [-0.3, -0.25) is 4.21 Å². The molecular weight excluding hydrogens is 242 g/mol. The molecule has 0 bridgehead atoms. The SMILES string of the molecule is CNC1CCC(S(=O)c2ccc3c(c2)CCC3)C1. The minimum absolute atomic E-state index is 0.349. The molecule has 3 atom stereocenters. The first-order valence-electron chi connectivity index (χ1n) is 6.97. The first kappa shape index (κ1) is 12.4. The minimum atomic E-state index is -0.813. The Morgan fingerprint density at radius 1 is 1.22 bits per heavy atom. The molecule has 2 aliphatic carbocycles. The van der Waals surface area contributed by atoms with E-state index in [-0.39, 0.29) is 0 Å². The molecule has 0 amide bonds. The van der Waals surface area contributed by atoms with E-state index in [0.717, 1.165) is 24.2 Å². The van der Waals surface area contributed by atoms with E-state index in [9.17, 15) is 4.21 Å². The number of fused-ring (bicyclic) bond motifs is 1. The number of rotatable bonds is 3. The number of hydrogen-bond donors (Lipinski definition) is 1. The van der Waals surface area contributed by atoms with Crippen LogP contribution in [0.3, 0.4) is 0 Å². The maximum absolute atomic E-state index is 12.6. The highest BCUT2D eigenvalue weighted by atomic mass is 32.2. The van der Waals surface area contributed by atoms with Gasteiger partial charge in [0.25, 0.3) is 0 Å². The summed E-state index contributed by atoms with van der Waals surface area (Å²) >= 11 is 0. The van der Waals surface area contributed by atoms with E-state index >= 15 is 0 Å². The third-order valence-electron chi connectivity index (χ3n) is 4.40. The van der Waals surface area contributed by atoms with E-state index in [1.54, 1.807) is 0 Å². The topological polar surface area (TPSA) is 29.1 Å². The summed E-state index contributed by atoms with van der Waals surface area (Å²) in [6, 6.07) is 7.05. The molecule has 1 N–H and O–H groups in total. The van der Waals surface area contributed by atoms with Gasteiger partial charge in [-0.05, 0) is 68.8 Å². The van der Waals surface area contributed by atoms with Crippen molar-refractivity contribution in [2.75, 3.05) is 7.05 Å². The first-order chi connectivity index (χ1) is 8.78. The predicted molar refractivity (Wildman–Crippen MR) is 75.4 cm³/mol. The van der Waals surface area contributed by atoms with Gasteiger partial charge in [-0.15, -0.1) is 0 Å². The van der Waals surface area contributed by atoms with Crippen LogP contribution in [-0.2, 0) is 23.6 Å². The molecule has 3 heteroatoms. The zero-order valence-electron chi connectivity index (χ0n) is 10.9. The second-order valence-electron chi connectivity index (χ2n) is 5.50. The van der Waals surface area contributed by atoms with Gasteiger partial charge >= 0.3 is 0 Å². The summed E-state index contributed by atoms with van der Waals surface area (Å²) in [5.74, 6) is 0. The van der Waals surface area contributed by atoms with Crippen LogP contribution >= 0.6 is 0 Å². The fraction of sp³-hybridized carbons (Fsp3) is 0.600. The molecule has 18 heavy (non-hydrogen) atoms. The average molecular weight is 263 g/mol. The summed E-state index contributed by atoms with van der Waals surface area (Å²) in [5.41, 5.74) is 2.90. The molecule has 0 aliphatic heterocycles. The van der Waals surface area contributed by atoms with Crippen LogP contribution in [0.1, 0.15) is 36.8 Å². The van der Waals surface area contributed by atoms with E-state index in [1.165, 1.54) is 30.4 Å². The van der Waals surface area contributed by atoms with Crippen molar-refractivity contribution in [3.8, 4) is 0 Å². The largest absolute Gasteiger partial charge is 0.317 e.